The van der Waals surface area contributed by atoms with Crippen LogP contribution < -0.4 is 10.6 Å². The number of carbonyl (C=O) groups excluding carboxylic acids is 1. The number of hydrogen-bond acceptors (Lipinski definition) is 2. The van der Waals surface area contributed by atoms with Gasteiger partial charge in [-0.05, 0) is 36.4 Å². The molecule has 104 valence electrons. The topological polar surface area (TPSA) is 46.3 Å². The number of amides is 1. The maximum atomic E-state index is 13.6. The van der Waals surface area contributed by atoms with Crippen LogP contribution in [-0.4, -0.2) is 13.0 Å². The average Bonchev–Trinajstić information content (AvgIpc) is 2.42. The van der Waals surface area contributed by atoms with Gasteiger partial charge in [0.2, 0.25) is 0 Å². The molecule has 6 heteroatoms. The summed E-state index contributed by atoms with van der Waals surface area (Å²) >= 11 is 5.84. The van der Waals surface area contributed by atoms with Crippen molar-refractivity contribution in [2.24, 2.45) is 0 Å². The van der Waals surface area contributed by atoms with Crippen LogP contribution in [0.1, 0.15) is 10.4 Å². The number of nitrogens with zero attached hydrogens (tertiary/aromatic N) is 1. The van der Waals surface area contributed by atoms with E-state index in [1.807, 2.05) is 0 Å². The van der Waals surface area contributed by atoms with Crippen molar-refractivity contribution >= 4 is 28.9 Å². The molecule has 0 saturated heterocycles. The highest BCUT2D eigenvalue weighted by molar-refractivity contribution is 6.31. The van der Waals surface area contributed by atoms with Gasteiger partial charge in [-0.25, -0.2) is 8.78 Å². The maximum Gasteiger partial charge on any atom is 0.261 e. The van der Waals surface area contributed by atoms with Gasteiger partial charge < -0.3 is 10.6 Å². The molecule has 0 atom stereocenters. The van der Waals surface area contributed by atoms with Crippen molar-refractivity contribution < 1.29 is 13.6 Å². The Morgan fingerprint density at radius 1 is 1.20 bits per heavy atom. The monoisotopic (exact) mass is 296 g/mol. The first-order valence-electron chi connectivity index (χ1n) is 5.68. The molecule has 0 saturated carbocycles. The van der Waals surface area contributed by atoms with Gasteiger partial charge in [-0.1, -0.05) is 11.6 Å². The van der Waals surface area contributed by atoms with E-state index >= 15 is 0 Å². The minimum Gasteiger partial charge on any atom is -0.397 e. The molecule has 0 unspecified atom stereocenters. The average molecular weight is 297 g/mol. The van der Waals surface area contributed by atoms with Crippen LogP contribution in [0.3, 0.4) is 0 Å². The Morgan fingerprint density at radius 3 is 2.60 bits per heavy atom. The van der Waals surface area contributed by atoms with Gasteiger partial charge in [0.25, 0.3) is 5.91 Å². The Morgan fingerprint density at radius 2 is 1.90 bits per heavy atom. The van der Waals surface area contributed by atoms with Crippen molar-refractivity contribution in [3.8, 4) is 0 Å². The Bertz CT molecular complexity index is 676. The summed E-state index contributed by atoms with van der Waals surface area (Å²) in [5.41, 5.74) is 6.02. The van der Waals surface area contributed by atoms with Gasteiger partial charge >= 0.3 is 0 Å². The first-order valence-corrected chi connectivity index (χ1v) is 6.06. The number of nitrogens with two attached hydrogens (primary N) is 1. The molecule has 0 aliphatic rings. The number of rotatable bonds is 2. The fourth-order valence-electron chi connectivity index (χ4n) is 1.76. The van der Waals surface area contributed by atoms with Crippen molar-refractivity contribution in [2.45, 2.75) is 0 Å². The third-order valence-corrected chi connectivity index (χ3v) is 3.05. The Hall–Kier alpha value is -2.14. The summed E-state index contributed by atoms with van der Waals surface area (Å²) in [6, 6.07) is 7.27. The summed E-state index contributed by atoms with van der Waals surface area (Å²) in [6.45, 7) is 0. The van der Waals surface area contributed by atoms with Gasteiger partial charge in [-0.2, -0.15) is 0 Å². The lowest BCUT2D eigenvalue weighted by Crippen LogP contribution is -2.28. The minimum atomic E-state index is -0.802. The summed E-state index contributed by atoms with van der Waals surface area (Å²) in [5, 5.41) is 0.383. The summed E-state index contributed by atoms with van der Waals surface area (Å²) in [5.74, 6) is -2.21. The van der Waals surface area contributed by atoms with Gasteiger partial charge in [0, 0.05) is 12.1 Å². The second-order valence-electron chi connectivity index (χ2n) is 4.19. The smallest absolute Gasteiger partial charge is 0.261 e. The predicted molar refractivity (Wildman–Crippen MR) is 75.0 cm³/mol. The van der Waals surface area contributed by atoms with Crippen molar-refractivity contribution in [1.29, 1.82) is 0 Å². The van der Waals surface area contributed by atoms with Crippen LogP contribution >= 0.6 is 11.6 Å². The van der Waals surface area contributed by atoms with E-state index in [2.05, 4.69) is 0 Å². The normalized spacial score (nSPS) is 10.4. The first kappa shape index (κ1) is 14.3. The van der Waals surface area contributed by atoms with E-state index in [1.54, 1.807) is 6.07 Å². The third-order valence-electron chi connectivity index (χ3n) is 2.82. The molecule has 20 heavy (non-hydrogen) atoms. The van der Waals surface area contributed by atoms with Crippen LogP contribution in [0.15, 0.2) is 36.4 Å². The van der Waals surface area contributed by atoms with Gasteiger partial charge in [-0.3, -0.25) is 4.79 Å². The highest BCUT2D eigenvalue weighted by Gasteiger charge is 2.20. The Kier molecular flexibility index (Phi) is 3.90. The lowest BCUT2D eigenvalue weighted by Gasteiger charge is -2.19. The SMILES string of the molecule is CN(C(=O)c1cc(F)ccc1F)c1cc(Cl)ccc1N. The fourth-order valence-corrected chi connectivity index (χ4v) is 1.93. The van der Waals surface area contributed by atoms with Gasteiger partial charge in [-0.15, -0.1) is 0 Å². The summed E-state index contributed by atoms with van der Waals surface area (Å²) in [6.07, 6.45) is 0. The molecular weight excluding hydrogens is 286 g/mol. The highest BCUT2D eigenvalue weighted by atomic mass is 35.5. The number of carbonyl (C=O) groups is 1. The summed E-state index contributed by atoms with van der Waals surface area (Å²) in [4.78, 5) is 13.3. The molecule has 2 N–H and O–H groups in total. The molecule has 2 aromatic rings. The second-order valence-corrected chi connectivity index (χ2v) is 4.63. The molecule has 0 bridgehead atoms. The van der Waals surface area contributed by atoms with Crippen molar-refractivity contribution in [3.63, 3.8) is 0 Å². The Balaban J connectivity index is 2.42. The molecule has 0 radical (unpaired) electrons. The molecule has 0 heterocycles. The van der Waals surface area contributed by atoms with E-state index in [0.29, 0.717) is 16.4 Å². The quantitative estimate of drug-likeness (QED) is 0.863. The van der Waals surface area contributed by atoms with Crippen LogP contribution in [0.25, 0.3) is 0 Å². The molecule has 0 aromatic heterocycles. The maximum absolute atomic E-state index is 13.6. The fraction of sp³-hybridized carbons (Fsp3) is 0.0714. The molecule has 2 aromatic carbocycles. The van der Waals surface area contributed by atoms with Crippen molar-refractivity contribution in [3.05, 3.63) is 58.6 Å². The van der Waals surface area contributed by atoms with Crippen molar-refractivity contribution in [2.75, 3.05) is 17.7 Å². The largest absolute Gasteiger partial charge is 0.397 e. The van der Waals surface area contributed by atoms with E-state index in [0.717, 1.165) is 23.1 Å². The number of hydrogen-bond donors (Lipinski definition) is 1. The summed E-state index contributed by atoms with van der Waals surface area (Å²) < 4.78 is 26.7. The van der Waals surface area contributed by atoms with Crippen LogP contribution in [0.5, 0.6) is 0 Å². The molecule has 3 nitrogen and oxygen atoms in total. The van der Waals surface area contributed by atoms with Crippen molar-refractivity contribution in [1.82, 2.24) is 0 Å². The predicted octanol–water partition coefficient (Wildman–Crippen LogP) is 3.48. The molecule has 0 fully saturated rings. The molecule has 0 aliphatic carbocycles. The zero-order valence-electron chi connectivity index (χ0n) is 10.5. The number of benzene rings is 2. The van der Waals surface area contributed by atoms with Crippen LogP contribution in [0.2, 0.25) is 5.02 Å². The first-order chi connectivity index (χ1) is 9.40. The van der Waals surface area contributed by atoms with Gasteiger partial charge in [0.15, 0.2) is 0 Å². The second kappa shape index (κ2) is 5.46. The van der Waals surface area contributed by atoms with Crippen LogP contribution in [-0.2, 0) is 0 Å². The van der Waals surface area contributed by atoms with E-state index < -0.39 is 17.5 Å². The molecule has 0 spiro atoms. The molecule has 2 rings (SSSR count). The zero-order valence-corrected chi connectivity index (χ0v) is 11.3. The zero-order chi connectivity index (χ0) is 14.9. The van der Waals surface area contributed by atoms with Gasteiger partial charge in [0.1, 0.15) is 11.6 Å². The highest BCUT2D eigenvalue weighted by Crippen LogP contribution is 2.27. The summed E-state index contributed by atoms with van der Waals surface area (Å²) in [7, 11) is 1.41. The molecule has 0 aliphatic heterocycles. The lowest BCUT2D eigenvalue weighted by atomic mass is 10.1. The third kappa shape index (κ3) is 2.72. The van der Waals surface area contributed by atoms with Crippen LogP contribution in [0.4, 0.5) is 20.2 Å². The number of halogens is 3. The van der Waals surface area contributed by atoms with E-state index in [-0.39, 0.29) is 5.56 Å². The standard InChI is InChI=1S/C14H11ClF2N2O/c1-19(13-6-8(15)2-5-12(13)18)14(20)10-7-9(16)3-4-11(10)17/h2-7H,18H2,1H3. The molecular formula is C14H11ClF2N2O. The Labute approximate surface area is 119 Å². The number of nitrogen functional groups attached to an aromatic ring is 1. The lowest BCUT2D eigenvalue weighted by molar-refractivity contribution is 0.0988. The van der Waals surface area contributed by atoms with E-state index in [4.69, 9.17) is 17.3 Å². The van der Waals surface area contributed by atoms with Gasteiger partial charge in [0.05, 0.1) is 16.9 Å². The van der Waals surface area contributed by atoms with Crippen LogP contribution in [0, 0.1) is 11.6 Å². The van der Waals surface area contributed by atoms with E-state index in [1.165, 1.54) is 19.2 Å². The van der Waals surface area contributed by atoms with E-state index in [9.17, 15) is 13.6 Å². The minimum absolute atomic E-state index is 0.307. The molecule has 1 amide bonds. The number of anilines is 2.